The van der Waals surface area contributed by atoms with Gasteiger partial charge in [-0.3, -0.25) is 0 Å². The van der Waals surface area contributed by atoms with Crippen molar-refractivity contribution in [2.75, 3.05) is 7.11 Å². The molecule has 0 aliphatic heterocycles. The molecule has 0 amide bonds. The maximum absolute atomic E-state index is 12.3. The van der Waals surface area contributed by atoms with Crippen LogP contribution in [0.15, 0.2) is 24.3 Å². The molecule has 0 N–H and O–H groups in total. The molecule has 92 valence electrons. The van der Waals surface area contributed by atoms with Crippen molar-refractivity contribution in [1.82, 2.24) is 0 Å². The van der Waals surface area contributed by atoms with E-state index in [0.29, 0.717) is 5.56 Å². The van der Waals surface area contributed by atoms with Crippen LogP contribution in [0.2, 0.25) is 5.02 Å². The van der Waals surface area contributed by atoms with Crippen LogP contribution in [0.4, 0.5) is 13.2 Å². The van der Waals surface area contributed by atoms with Crippen molar-refractivity contribution in [2.45, 2.75) is 6.18 Å². The minimum absolute atomic E-state index is 0.0834. The summed E-state index contributed by atoms with van der Waals surface area (Å²) in [6, 6.07) is 2.88. The number of benzene rings is 1. The van der Waals surface area contributed by atoms with E-state index >= 15 is 0 Å². The second kappa shape index (κ2) is 5.23. The van der Waals surface area contributed by atoms with Crippen LogP contribution in [0.5, 0.6) is 0 Å². The van der Waals surface area contributed by atoms with Crippen molar-refractivity contribution < 1.29 is 22.7 Å². The van der Waals surface area contributed by atoms with Crippen LogP contribution in [0.1, 0.15) is 11.1 Å². The molecule has 0 aromatic heterocycles. The molecule has 0 unspecified atom stereocenters. The molecule has 0 heterocycles. The van der Waals surface area contributed by atoms with E-state index in [1.807, 2.05) is 0 Å². The first kappa shape index (κ1) is 13.6. The van der Waals surface area contributed by atoms with Gasteiger partial charge in [0.1, 0.15) is 0 Å². The normalized spacial score (nSPS) is 11.8. The highest BCUT2D eigenvalue weighted by Crippen LogP contribution is 2.32. The average molecular weight is 265 g/mol. The van der Waals surface area contributed by atoms with Crippen LogP contribution in [-0.2, 0) is 15.7 Å². The van der Waals surface area contributed by atoms with E-state index < -0.39 is 17.7 Å². The molecule has 0 radical (unpaired) electrons. The SMILES string of the molecule is COC(=O)/C=C\c1ccc(C(F)(F)F)cc1Cl. The Morgan fingerprint density at radius 2 is 2.06 bits per heavy atom. The van der Waals surface area contributed by atoms with Gasteiger partial charge in [0, 0.05) is 11.1 Å². The fourth-order valence-corrected chi connectivity index (χ4v) is 1.31. The van der Waals surface area contributed by atoms with Crippen LogP contribution in [0.25, 0.3) is 6.08 Å². The maximum atomic E-state index is 12.3. The summed E-state index contributed by atoms with van der Waals surface area (Å²) < 4.78 is 41.3. The number of alkyl halides is 3. The summed E-state index contributed by atoms with van der Waals surface area (Å²) in [6.45, 7) is 0. The quantitative estimate of drug-likeness (QED) is 0.603. The Morgan fingerprint density at radius 3 is 2.53 bits per heavy atom. The Kier molecular flexibility index (Phi) is 4.17. The molecule has 0 aliphatic carbocycles. The van der Waals surface area contributed by atoms with Gasteiger partial charge in [0.05, 0.1) is 12.7 Å². The van der Waals surface area contributed by atoms with Gasteiger partial charge in [0.25, 0.3) is 0 Å². The molecular weight excluding hydrogens is 257 g/mol. The van der Waals surface area contributed by atoms with Crippen LogP contribution in [0.3, 0.4) is 0 Å². The predicted molar refractivity (Wildman–Crippen MR) is 57.5 cm³/mol. The van der Waals surface area contributed by atoms with Gasteiger partial charge < -0.3 is 4.74 Å². The summed E-state index contributed by atoms with van der Waals surface area (Å²) in [4.78, 5) is 10.8. The molecule has 0 saturated heterocycles. The third kappa shape index (κ3) is 3.78. The first-order valence-electron chi connectivity index (χ1n) is 4.47. The van der Waals surface area contributed by atoms with Crippen LogP contribution in [0, 0.1) is 0 Å². The zero-order valence-electron chi connectivity index (χ0n) is 8.72. The highest BCUT2D eigenvalue weighted by atomic mass is 35.5. The number of methoxy groups -OCH3 is 1. The lowest BCUT2D eigenvalue weighted by molar-refractivity contribution is -0.137. The number of hydrogen-bond donors (Lipinski definition) is 0. The summed E-state index contributed by atoms with van der Waals surface area (Å²) in [5, 5.41) is -0.0834. The molecule has 6 heteroatoms. The second-order valence-electron chi connectivity index (χ2n) is 3.09. The van der Waals surface area contributed by atoms with Gasteiger partial charge in [-0.1, -0.05) is 17.7 Å². The first-order chi connectivity index (χ1) is 7.84. The van der Waals surface area contributed by atoms with Crippen molar-refractivity contribution in [2.24, 2.45) is 0 Å². The lowest BCUT2D eigenvalue weighted by Crippen LogP contribution is -2.04. The van der Waals surface area contributed by atoms with Gasteiger partial charge in [-0.25, -0.2) is 4.79 Å². The van der Waals surface area contributed by atoms with E-state index in [-0.39, 0.29) is 5.02 Å². The Bertz CT molecular complexity index is 453. The first-order valence-corrected chi connectivity index (χ1v) is 4.85. The maximum Gasteiger partial charge on any atom is 0.416 e. The number of halogens is 4. The van der Waals surface area contributed by atoms with Gasteiger partial charge in [-0.15, -0.1) is 0 Å². The van der Waals surface area contributed by atoms with Gasteiger partial charge >= 0.3 is 12.1 Å². The zero-order valence-corrected chi connectivity index (χ0v) is 9.47. The highest BCUT2D eigenvalue weighted by Gasteiger charge is 2.30. The number of hydrogen-bond acceptors (Lipinski definition) is 2. The Labute approximate surface area is 101 Å². The predicted octanol–water partition coefficient (Wildman–Crippen LogP) is 3.55. The molecule has 0 atom stereocenters. The lowest BCUT2D eigenvalue weighted by Gasteiger charge is -2.07. The van der Waals surface area contributed by atoms with E-state index in [9.17, 15) is 18.0 Å². The van der Waals surface area contributed by atoms with Crippen molar-refractivity contribution in [3.05, 3.63) is 40.4 Å². The monoisotopic (exact) mass is 264 g/mol. The Hall–Kier alpha value is -1.49. The number of carbonyl (C=O) groups excluding carboxylic acids is 1. The Balaban J connectivity index is 2.99. The molecule has 1 rings (SSSR count). The fourth-order valence-electron chi connectivity index (χ4n) is 1.06. The van der Waals surface area contributed by atoms with Gasteiger partial charge in [-0.05, 0) is 23.8 Å². The smallest absolute Gasteiger partial charge is 0.416 e. The lowest BCUT2D eigenvalue weighted by atomic mass is 10.1. The standard InChI is InChI=1S/C11H8ClF3O2/c1-17-10(16)5-3-7-2-4-8(6-9(7)12)11(13,14)15/h2-6H,1H3/b5-3-. The molecule has 1 aromatic rings. The largest absolute Gasteiger partial charge is 0.466 e. The molecular formula is C11H8ClF3O2. The summed E-state index contributed by atoms with van der Waals surface area (Å²) in [6.07, 6.45) is -2.07. The summed E-state index contributed by atoms with van der Waals surface area (Å²) in [7, 11) is 1.20. The minimum atomic E-state index is -4.44. The molecule has 0 bridgehead atoms. The average Bonchev–Trinajstić information content (AvgIpc) is 2.25. The van der Waals surface area contributed by atoms with Crippen molar-refractivity contribution in [1.29, 1.82) is 0 Å². The van der Waals surface area contributed by atoms with E-state index in [4.69, 9.17) is 11.6 Å². The fraction of sp³-hybridized carbons (Fsp3) is 0.182. The zero-order chi connectivity index (χ0) is 13.1. The van der Waals surface area contributed by atoms with E-state index in [2.05, 4.69) is 4.74 Å². The molecule has 1 aromatic carbocycles. The molecule has 0 fully saturated rings. The molecule has 17 heavy (non-hydrogen) atoms. The second-order valence-corrected chi connectivity index (χ2v) is 3.50. The van der Waals surface area contributed by atoms with Gasteiger partial charge in [0.2, 0.25) is 0 Å². The number of rotatable bonds is 2. The van der Waals surface area contributed by atoms with Crippen molar-refractivity contribution in [3.8, 4) is 0 Å². The minimum Gasteiger partial charge on any atom is -0.466 e. The van der Waals surface area contributed by atoms with E-state index in [1.54, 1.807) is 0 Å². The topological polar surface area (TPSA) is 26.3 Å². The summed E-state index contributed by atoms with van der Waals surface area (Å²) in [5.74, 6) is -0.610. The summed E-state index contributed by atoms with van der Waals surface area (Å²) >= 11 is 5.66. The highest BCUT2D eigenvalue weighted by molar-refractivity contribution is 6.32. The molecule has 0 spiro atoms. The third-order valence-electron chi connectivity index (χ3n) is 1.93. The van der Waals surface area contributed by atoms with Crippen molar-refractivity contribution >= 4 is 23.6 Å². The number of carbonyl (C=O) groups is 1. The number of esters is 1. The molecule has 0 aliphatic rings. The van der Waals surface area contributed by atoms with Gasteiger partial charge in [0.15, 0.2) is 0 Å². The van der Waals surface area contributed by atoms with Crippen LogP contribution in [-0.4, -0.2) is 13.1 Å². The molecule has 0 saturated carbocycles. The number of ether oxygens (including phenoxy) is 1. The molecule has 2 nitrogen and oxygen atoms in total. The van der Waals surface area contributed by atoms with Crippen LogP contribution < -0.4 is 0 Å². The summed E-state index contributed by atoms with van der Waals surface area (Å²) in [5.41, 5.74) is -0.525. The third-order valence-corrected chi connectivity index (χ3v) is 2.26. The van der Waals surface area contributed by atoms with Gasteiger partial charge in [-0.2, -0.15) is 13.2 Å². The van der Waals surface area contributed by atoms with E-state index in [0.717, 1.165) is 18.2 Å². The van der Waals surface area contributed by atoms with E-state index in [1.165, 1.54) is 19.3 Å². The van der Waals surface area contributed by atoms with Crippen molar-refractivity contribution in [3.63, 3.8) is 0 Å². The Morgan fingerprint density at radius 1 is 1.41 bits per heavy atom. The van der Waals surface area contributed by atoms with Crippen LogP contribution >= 0.6 is 11.6 Å².